The SMILES string of the molecule is CCCn1c(N)c(C(=O)COC(=O)COc2ccc(OC)cc2)c(=O)n(C)c1=O. The Kier molecular flexibility index (Phi) is 7.18. The highest BCUT2D eigenvalue weighted by Crippen LogP contribution is 2.16. The van der Waals surface area contributed by atoms with Crippen LogP contribution in [0.15, 0.2) is 33.9 Å². The van der Waals surface area contributed by atoms with Crippen LogP contribution in [0.1, 0.15) is 23.7 Å². The van der Waals surface area contributed by atoms with Gasteiger partial charge in [0.25, 0.3) is 5.56 Å². The lowest BCUT2D eigenvalue weighted by atomic mass is 10.2. The van der Waals surface area contributed by atoms with E-state index in [9.17, 15) is 19.2 Å². The molecule has 2 aromatic rings. The van der Waals surface area contributed by atoms with Gasteiger partial charge in [-0.2, -0.15) is 0 Å². The van der Waals surface area contributed by atoms with Gasteiger partial charge in [-0.25, -0.2) is 9.59 Å². The number of hydrogen-bond acceptors (Lipinski definition) is 8. The average Bonchev–Trinajstić information content (AvgIpc) is 2.72. The van der Waals surface area contributed by atoms with Crippen molar-refractivity contribution in [3.05, 3.63) is 50.7 Å². The molecule has 0 saturated heterocycles. The minimum atomic E-state index is -0.838. The van der Waals surface area contributed by atoms with E-state index in [1.54, 1.807) is 24.3 Å². The number of carbonyl (C=O) groups excluding carboxylic acids is 2. The largest absolute Gasteiger partial charge is 0.497 e. The molecule has 0 aliphatic carbocycles. The number of aromatic nitrogens is 2. The van der Waals surface area contributed by atoms with E-state index >= 15 is 0 Å². The zero-order valence-electron chi connectivity index (χ0n) is 16.5. The summed E-state index contributed by atoms with van der Waals surface area (Å²) in [7, 11) is 2.78. The van der Waals surface area contributed by atoms with E-state index in [1.807, 2.05) is 6.92 Å². The molecule has 0 fully saturated rings. The van der Waals surface area contributed by atoms with Crippen LogP contribution >= 0.6 is 0 Å². The van der Waals surface area contributed by atoms with Gasteiger partial charge in [0.05, 0.1) is 7.11 Å². The van der Waals surface area contributed by atoms with Gasteiger partial charge in [-0.1, -0.05) is 6.92 Å². The van der Waals surface area contributed by atoms with Gasteiger partial charge in [0.15, 0.2) is 13.2 Å². The number of hydrogen-bond donors (Lipinski definition) is 1. The minimum Gasteiger partial charge on any atom is -0.497 e. The molecular weight excluding hydrogens is 382 g/mol. The van der Waals surface area contributed by atoms with Crippen LogP contribution in [0.25, 0.3) is 0 Å². The Balaban J connectivity index is 2.03. The number of benzene rings is 1. The predicted molar refractivity (Wildman–Crippen MR) is 104 cm³/mol. The lowest BCUT2D eigenvalue weighted by Crippen LogP contribution is -2.43. The average molecular weight is 405 g/mol. The second-order valence-corrected chi connectivity index (χ2v) is 6.11. The number of Topliss-reactive ketones (excluding diaryl/α,β-unsaturated/α-hetero) is 1. The molecule has 29 heavy (non-hydrogen) atoms. The molecule has 1 heterocycles. The predicted octanol–water partition coefficient (Wildman–Crippen LogP) is 0.353. The Hall–Kier alpha value is -3.56. The second-order valence-electron chi connectivity index (χ2n) is 6.11. The molecular formula is C19H23N3O7. The van der Waals surface area contributed by atoms with Crippen molar-refractivity contribution in [3.63, 3.8) is 0 Å². The quantitative estimate of drug-likeness (QED) is 0.467. The van der Waals surface area contributed by atoms with Crippen LogP contribution in [0.3, 0.4) is 0 Å². The summed E-state index contributed by atoms with van der Waals surface area (Å²) in [5.74, 6) is -0.791. The first kappa shape index (κ1) is 21.7. The van der Waals surface area contributed by atoms with Crippen LogP contribution in [0.4, 0.5) is 5.82 Å². The van der Waals surface area contributed by atoms with E-state index in [4.69, 9.17) is 19.9 Å². The number of anilines is 1. The van der Waals surface area contributed by atoms with Gasteiger partial charge in [-0.15, -0.1) is 0 Å². The normalized spacial score (nSPS) is 10.4. The number of carbonyl (C=O) groups is 2. The maximum Gasteiger partial charge on any atom is 0.344 e. The Morgan fingerprint density at radius 3 is 2.28 bits per heavy atom. The Morgan fingerprint density at radius 1 is 1.07 bits per heavy atom. The monoisotopic (exact) mass is 405 g/mol. The molecule has 0 amide bonds. The maximum atomic E-state index is 12.4. The van der Waals surface area contributed by atoms with Crippen molar-refractivity contribution < 1.29 is 23.8 Å². The molecule has 10 nitrogen and oxygen atoms in total. The summed E-state index contributed by atoms with van der Waals surface area (Å²) in [4.78, 5) is 48.7. The molecule has 1 aromatic heterocycles. The van der Waals surface area contributed by atoms with Crippen LogP contribution < -0.4 is 26.5 Å². The van der Waals surface area contributed by atoms with Gasteiger partial charge in [0, 0.05) is 13.6 Å². The molecule has 0 aliphatic heterocycles. The highest BCUT2D eigenvalue weighted by Gasteiger charge is 2.22. The third-order valence-electron chi connectivity index (χ3n) is 4.09. The number of nitrogens with two attached hydrogens (primary N) is 1. The third-order valence-corrected chi connectivity index (χ3v) is 4.09. The molecule has 0 unspecified atom stereocenters. The summed E-state index contributed by atoms with van der Waals surface area (Å²) < 4.78 is 17.1. The Labute approximate surface area is 166 Å². The first-order valence-corrected chi connectivity index (χ1v) is 8.85. The van der Waals surface area contributed by atoms with Gasteiger partial charge in [-0.05, 0) is 30.7 Å². The Morgan fingerprint density at radius 2 is 1.69 bits per heavy atom. The van der Waals surface area contributed by atoms with E-state index in [2.05, 4.69) is 0 Å². The first-order chi connectivity index (χ1) is 13.8. The molecule has 0 bridgehead atoms. The zero-order chi connectivity index (χ0) is 21.6. The minimum absolute atomic E-state index is 0.240. The molecule has 10 heteroatoms. The molecule has 2 rings (SSSR count). The van der Waals surface area contributed by atoms with Gasteiger partial charge in [0.2, 0.25) is 5.78 Å². The van der Waals surface area contributed by atoms with E-state index in [-0.39, 0.29) is 17.9 Å². The fourth-order valence-electron chi connectivity index (χ4n) is 2.56. The van der Waals surface area contributed by atoms with Gasteiger partial charge < -0.3 is 19.9 Å². The van der Waals surface area contributed by atoms with Crippen molar-refractivity contribution in [3.8, 4) is 11.5 Å². The Bertz CT molecular complexity index is 1010. The van der Waals surface area contributed by atoms with E-state index < -0.39 is 36.2 Å². The van der Waals surface area contributed by atoms with Crippen LogP contribution in [-0.2, 0) is 23.1 Å². The van der Waals surface area contributed by atoms with Crippen molar-refractivity contribution >= 4 is 17.6 Å². The fourth-order valence-corrected chi connectivity index (χ4v) is 2.56. The van der Waals surface area contributed by atoms with Gasteiger partial charge >= 0.3 is 11.7 Å². The number of esters is 1. The number of rotatable bonds is 9. The number of ketones is 1. The van der Waals surface area contributed by atoms with Crippen molar-refractivity contribution in [2.24, 2.45) is 7.05 Å². The molecule has 0 radical (unpaired) electrons. The molecule has 2 N–H and O–H groups in total. The van der Waals surface area contributed by atoms with E-state index in [0.717, 1.165) is 9.13 Å². The second kappa shape index (κ2) is 9.58. The number of nitrogens with zero attached hydrogens (tertiary/aromatic N) is 2. The molecule has 0 saturated carbocycles. The molecule has 156 valence electrons. The zero-order valence-corrected chi connectivity index (χ0v) is 16.5. The van der Waals surface area contributed by atoms with Crippen LogP contribution in [0.5, 0.6) is 11.5 Å². The number of methoxy groups -OCH3 is 1. The maximum absolute atomic E-state index is 12.4. The van der Waals surface area contributed by atoms with Gasteiger partial charge in [0.1, 0.15) is 22.9 Å². The highest BCUT2D eigenvalue weighted by atomic mass is 16.6. The number of nitrogen functional groups attached to an aromatic ring is 1. The highest BCUT2D eigenvalue weighted by molar-refractivity contribution is 6.01. The molecule has 0 aliphatic rings. The van der Waals surface area contributed by atoms with Crippen molar-refractivity contribution in [1.29, 1.82) is 0 Å². The van der Waals surface area contributed by atoms with Crippen LogP contribution in [0, 0.1) is 0 Å². The lowest BCUT2D eigenvalue weighted by molar-refractivity contribution is -0.144. The number of ether oxygens (including phenoxy) is 3. The third kappa shape index (κ3) is 5.03. The van der Waals surface area contributed by atoms with Crippen LogP contribution in [-0.4, -0.2) is 41.2 Å². The van der Waals surface area contributed by atoms with Gasteiger partial charge in [-0.3, -0.25) is 18.7 Å². The summed E-state index contributed by atoms with van der Waals surface area (Å²) in [6, 6.07) is 6.54. The van der Waals surface area contributed by atoms with Crippen LogP contribution in [0.2, 0.25) is 0 Å². The van der Waals surface area contributed by atoms with Crippen molar-refractivity contribution in [2.75, 3.05) is 26.1 Å². The summed E-state index contributed by atoms with van der Waals surface area (Å²) >= 11 is 0. The molecule has 0 atom stereocenters. The standard InChI is InChI=1S/C19H23N3O7/c1-4-9-22-17(20)16(18(25)21(2)19(22)26)14(23)10-29-15(24)11-28-13-7-5-12(27-3)6-8-13/h5-8H,4,9-11,20H2,1-3H3. The van der Waals surface area contributed by atoms with E-state index in [1.165, 1.54) is 14.2 Å². The van der Waals surface area contributed by atoms with E-state index in [0.29, 0.717) is 17.9 Å². The summed E-state index contributed by atoms with van der Waals surface area (Å²) in [6.07, 6.45) is 0.577. The molecule has 1 aromatic carbocycles. The van der Waals surface area contributed by atoms with Crippen molar-refractivity contribution in [2.45, 2.75) is 19.9 Å². The summed E-state index contributed by atoms with van der Waals surface area (Å²) in [5, 5.41) is 0. The first-order valence-electron chi connectivity index (χ1n) is 8.85. The summed E-state index contributed by atoms with van der Waals surface area (Å²) in [5.41, 5.74) is 4.02. The molecule has 0 spiro atoms. The fraction of sp³-hybridized carbons (Fsp3) is 0.368. The smallest absolute Gasteiger partial charge is 0.344 e. The summed E-state index contributed by atoms with van der Waals surface area (Å²) in [6.45, 7) is 0.939. The topological polar surface area (TPSA) is 132 Å². The lowest BCUT2D eigenvalue weighted by Gasteiger charge is -2.14. The van der Waals surface area contributed by atoms with Crippen molar-refractivity contribution in [1.82, 2.24) is 9.13 Å².